The Kier molecular flexibility index (Phi) is 6.32. The van der Waals surface area contributed by atoms with E-state index in [1.807, 2.05) is 11.9 Å². The maximum absolute atomic E-state index is 12.8. The number of carbonyl (C=O) groups is 2. The summed E-state index contributed by atoms with van der Waals surface area (Å²) in [6, 6.07) is 13.8. The van der Waals surface area contributed by atoms with Gasteiger partial charge < -0.3 is 19.9 Å². The summed E-state index contributed by atoms with van der Waals surface area (Å²) in [6.07, 6.45) is 0. The quantitative estimate of drug-likeness (QED) is 0.856. The van der Waals surface area contributed by atoms with Crippen molar-refractivity contribution < 1.29 is 14.3 Å². The zero-order valence-electron chi connectivity index (χ0n) is 15.2. The number of amides is 2. The molecular weight excluding hydrogens is 366 g/mol. The molecule has 7 heteroatoms. The highest BCUT2D eigenvalue weighted by molar-refractivity contribution is 6.30. The molecule has 0 aromatic heterocycles. The standard InChI is InChI=1S/C20H22ClN3O3/c1-23-10-12-24(13-11-23)20(26)17-4-2-3-5-18(17)22-19(25)14-27-16-8-6-15(21)7-9-16/h2-9H,10-14H2,1H3,(H,22,25). The third-order valence-corrected chi connectivity index (χ3v) is 4.66. The molecule has 1 saturated heterocycles. The van der Waals surface area contributed by atoms with Crippen LogP contribution >= 0.6 is 11.6 Å². The lowest BCUT2D eigenvalue weighted by Crippen LogP contribution is -2.47. The zero-order chi connectivity index (χ0) is 19.2. The van der Waals surface area contributed by atoms with Crippen molar-refractivity contribution in [3.8, 4) is 5.75 Å². The number of rotatable bonds is 5. The summed E-state index contributed by atoms with van der Waals surface area (Å²) in [4.78, 5) is 29.1. The maximum Gasteiger partial charge on any atom is 0.262 e. The Morgan fingerprint density at radius 3 is 2.41 bits per heavy atom. The number of para-hydroxylation sites is 1. The summed E-state index contributed by atoms with van der Waals surface area (Å²) in [7, 11) is 2.04. The van der Waals surface area contributed by atoms with Crippen LogP contribution in [0.15, 0.2) is 48.5 Å². The number of piperazine rings is 1. The molecule has 27 heavy (non-hydrogen) atoms. The van der Waals surface area contributed by atoms with E-state index in [0.29, 0.717) is 35.1 Å². The number of hydrogen-bond donors (Lipinski definition) is 1. The summed E-state index contributed by atoms with van der Waals surface area (Å²) < 4.78 is 5.45. The molecule has 0 aliphatic carbocycles. The molecule has 142 valence electrons. The lowest BCUT2D eigenvalue weighted by atomic mass is 10.1. The number of carbonyl (C=O) groups excluding carboxylic acids is 2. The van der Waals surface area contributed by atoms with Crippen LogP contribution in [0.2, 0.25) is 5.02 Å². The van der Waals surface area contributed by atoms with Gasteiger partial charge in [0.25, 0.3) is 11.8 Å². The zero-order valence-corrected chi connectivity index (χ0v) is 15.9. The molecule has 1 fully saturated rings. The molecule has 2 aromatic carbocycles. The molecule has 1 heterocycles. The highest BCUT2D eigenvalue weighted by Gasteiger charge is 2.22. The van der Waals surface area contributed by atoms with Crippen LogP contribution in [0.1, 0.15) is 10.4 Å². The third kappa shape index (κ3) is 5.21. The van der Waals surface area contributed by atoms with Gasteiger partial charge in [-0.15, -0.1) is 0 Å². The van der Waals surface area contributed by atoms with Gasteiger partial charge in [-0.1, -0.05) is 23.7 Å². The molecule has 0 unspecified atom stereocenters. The van der Waals surface area contributed by atoms with E-state index in [4.69, 9.17) is 16.3 Å². The molecule has 1 N–H and O–H groups in total. The van der Waals surface area contributed by atoms with Crippen LogP contribution < -0.4 is 10.1 Å². The molecule has 1 aliphatic heterocycles. The second-order valence-electron chi connectivity index (χ2n) is 6.43. The Labute approximate surface area is 163 Å². The predicted molar refractivity (Wildman–Crippen MR) is 105 cm³/mol. The maximum atomic E-state index is 12.8. The van der Waals surface area contributed by atoms with Crippen molar-refractivity contribution in [1.82, 2.24) is 9.80 Å². The van der Waals surface area contributed by atoms with E-state index in [1.54, 1.807) is 48.5 Å². The van der Waals surface area contributed by atoms with E-state index in [2.05, 4.69) is 10.2 Å². The van der Waals surface area contributed by atoms with Crippen molar-refractivity contribution in [2.45, 2.75) is 0 Å². The minimum Gasteiger partial charge on any atom is -0.484 e. The van der Waals surface area contributed by atoms with Crippen LogP contribution in [-0.4, -0.2) is 61.4 Å². The molecule has 2 amide bonds. The Morgan fingerprint density at radius 1 is 1.04 bits per heavy atom. The Hall–Kier alpha value is -2.57. The number of benzene rings is 2. The Balaban J connectivity index is 1.62. The third-order valence-electron chi connectivity index (χ3n) is 4.41. The van der Waals surface area contributed by atoms with Gasteiger partial charge in [0.15, 0.2) is 6.61 Å². The van der Waals surface area contributed by atoms with Crippen LogP contribution in [0.3, 0.4) is 0 Å². The largest absolute Gasteiger partial charge is 0.484 e. The topological polar surface area (TPSA) is 61.9 Å². The van der Waals surface area contributed by atoms with Crippen molar-refractivity contribution in [2.24, 2.45) is 0 Å². The van der Waals surface area contributed by atoms with Crippen molar-refractivity contribution in [2.75, 3.05) is 45.2 Å². The van der Waals surface area contributed by atoms with Crippen LogP contribution in [0.5, 0.6) is 5.75 Å². The number of anilines is 1. The minimum atomic E-state index is -0.330. The first-order valence-corrected chi connectivity index (χ1v) is 9.16. The molecule has 0 saturated carbocycles. The predicted octanol–water partition coefficient (Wildman–Crippen LogP) is 2.75. The van der Waals surface area contributed by atoms with Crippen LogP contribution in [0, 0.1) is 0 Å². The summed E-state index contributed by atoms with van der Waals surface area (Å²) in [6.45, 7) is 2.89. The van der Waals surface area contributed by atoms with Gasteiger partial charge in [0.2, 0.25) is 0 Å². The van der Waals surface area contributed by atoms with E-state index < -0.39 is 0 Å². The Morgan fingerprint density at radius 2 is 1.70 bits per heavy atom. The van der Waals surface area contributed by atoms with Crippen LogP contribution in [0.25, 0.3) is 0 Å². The molecule has 0 spiro atoms. The summed E-state index contributed by atoms with van der Waals surface area (Å²) in [5.74, 6) is 0.151. The van der Waals surface area contributed by atoms with Gasteiger partial charge in [0.05, 0.1) is 11.3 Å². The molecular formula is C20H22ClN3O3. The number of nitrogens with one attached hydrogen (secondary N) is 1. The highest BCUT2D eigenvalue weighted by atomic mass is 35.5. The van der Waals surface area contributed by atoms with Crippen molar-refractivity contribution in [3.05, 3.63) is 59.1 Å². The smallest absolute Gasteiger partial charge is 0.262 e. The van der Waals surface area contributed by atoms with E-state index in [9.17, 15) is 9.59 Å². The van der Waals surface area contributed by atoms with Gasteiger partial charge in [-0.2, -0.15) is 0 Å². The highest BCUT2D eigenvalue weighted by Crippen LogP contribution is 2.19. The normalized spacial score (nSPS) is 14.7. The average Bonchev–Trinajstić information content (AvgIpc) is 2.68. The molecule has 6 nitrogen and oxygen atoms in total. The number of halogens is 1. The number of ether oxygens (including phenoxy) is 1. The molecule has 0 bridgehead atoms. The number of nitrogens with zero attached hydrogens (tertiary/aromatic N) is 2. The first-order valence-electron chi connectivity index (χ1n) is 8.78. The van der Waals surface area contributed by atoms with Crippen molar-refractivity contribution >= 4 is 29.1 Å². The van der Waals surface area contributed by atoms with Crippen molar-refractivity contribution in [1.29, 1.82) is 0 Å². The van der Waals surface area contributed by atoms with Gasteiger partial charge >= 0.3 is 0 Å². The fourth-order valence-corrected chi connectivity index (χ4v) is 2.95. The van der Waals surface area contributed by atoms with E-state index >= 15 is 0 Å². The van der Waals surface area contributed by atoms with Gasteiger partial charge in [-0.25, -0.2) is 0 Å². The first kappa shape index (κ1) is 19.2. The van der Waals surface area contributed by atoms with Crippen LogP contribution in [0.4, 0.5) is 5.69 Å². The Bertz CT molecular complexity index is 802. The van der Waals surface area contributed by atoms with E-state index in [0.717, 1.165) is 13.1 Å². The lowest BCUT2D eigenvalue weighted by molar-refractivity contribution is -0.118. The first-order chi connectivity index (χ1) is 13.0. The second-order valence-corrected chi connectivity index (χ2v) is 6.87. The van der Waals surface area contributed by atoms with Crippen molar-refractivity contribution in [3.63, 3.8) is 0 Å². The van der Waals surface area contributed by atoms with Crippen LogP contribution in [-0.2, 0) is 4.79 Å². The van der Waals surface area contributed by atoms with Gasteiger partial charge in [-0.05, 0) is 43.4 Å². The summed E-state index contributed by atoms with van der Waals surface area (Å²) >= 11 is 5.83. The fourth-order valence-electron chi connectivity index (χ4n) is 2.82. The van der Waals surface area contributed by atoms with Gasteiger partial charge in [0.1, 0.15) is 5.75 Å². The molecule has 0 atom stereocenters. The molecule has 3 rings (SSSR count). The minimum absolute atomic E-state index is 0.0716. The number of hydrogen-bond acceptors (Lipinski definition) is 4. The summed E-state index contributed by atoms with van der Waals surface area (Å²) in [5, 5.41) is 3.37. The lowest BCUT2D eigenvalue weighted by Gasteiger charge is -2.32. The number of likely N-dealkylation sites (N-methyl/N-ethyl adjacent to an activating group) is 1. The molecule has 2 aromatic rings. The fraction of sp³-hybridized carbons (Fsp3) is 0.300. The summed E-state index contributed by atoms with van der Waals surface area (Å²) in [5.41, 5.74) is 0.980. The average molecular weight is 388 g/mol. The van der Waals surface area contributed by atoms with E-state index in [-0.39, 0.29) is 18.4 Å². The van der Waals surface area contributed by atoms with Gasteiger partial charge in [-0.3, -0.25) is 9.59 Å². The molecule has 1 aliphatic rings. The van der Waals surface area contributed by atoms with E-state index in [1.165, 1.54) is 0 Å². The van der Waals surface area contributed by atoms with Gasteiger partial charge in [0, 0.05) is 31.2 Å². The molecule has 0 radical (unpaired) electrons. The monoisotopic (exact) mass is 387 g/mol. The SMILES string of the molecule is CN1CCN(C(=O)c2ccccc2NC(=O)COc2ccc(Cl)cc2)CC1. The second kappa shape index (κ2) is 8.88.